The van der Waals surface area contributed by atoms with E-state index in [2.05, 4.69) is 4.98 Å². The van der Waals surface area contributed by atoms with Crippen LogP contribution in [-0.2, 0) is 16.0 Å². The van der Waals surface area contributed by atoms with Crippen LogP contribution in [0.15, 0.2) is 59.5 Å². The molecule has 3 aromatic rings. The first kappa shape index (κ1) is 18.3. The van der Waals surface area contributed by atoms with Gasteiger partial charge in [-0.3, -0.25) is 0 Å². The fraction of sp³-hybridized carbons (Fsp3) is 0.158. The van der Waals surface area contributed by atoms with Crippen molar-refractivity contribution in [3.8, 4) is 22.4 Å². The first-order valence-corrected chi connectivity index (χ1v) is 9.62. The minimum Gasteiger partial charge on any atom is -0.358 e. The predicted octanol–water partition coefficient (Wildman–Crippen LogP) is 5.08. The van der Waals surface area contributed by atoms with Gasteiger partial charge < -0.3 is 4.98 Å². The molecule has 3 rings (SSSR count). The summed E-state index contributed by atoms with van der Waals surface area (Å²) in [5.41, 5.74) is 3.02. The fourth-order valence-electron chi connectivity index (χ4n) is 2.75. The van der Waals surface area contributed by atoms with Gasteiger partial charge in [0.2, 0.25) is 0 Å². The third kappa shape index (κ3) is 3.67. The maximum absolute atomic E-state index is 12.7. The Kier molecular flexibility index (Phi) is 4.44. The van der Waals surface area contributed by atoms with Crippen molar-refractivity contribution in [3.63, 3.8) is 0 Å². The highest BCUT2D eigenvalue weighted by atomic mass is 32.2. The van der Waals surface area contributed by atoms with Crippen molar-refractivity contribution in [2.75, 3.05) is 6.26 Å². The zero-order valence-corrected chi connectivity index (χ0v) is 14.9. The molecule has 3 nitrogen and oxygen atoms in total. The largest absolute Gasteiger partial charge is 0.416 e. The molecule has 0 atom stereocenters. The molecule has 0 aliphatic carbocycles. The number of aromatic nitrogens is 1. The van der Waals surface area contributed by atoms with Crippen LogP contribution in [0, 0.1) is 6.92 Å². The highest BCUT2D eigenvalue weighted by Gasteiger charge is 2.30. The van der Waals surface area contributed by atoms with Crippen molar-refractivity contribution in [2.24, 2.45) is 0 Å². The molecule has 0 spiro atoms. The monoisotopic (exact) mass is 379 g/mol. The van der Waals surface area contributed by atoms with Crippen molar-refractivity contribution in [1.82, 2.24) is 4.98 Å². The summed E-state index contributed by atoms with van der Waals surface area (Å²) < 4.78 is 61.4. The molecule has 0 aliphatic heterocycles. The zero-order chi connectivity index (χ0) is 19.1. The molecule has 7 heteroatoms. The van der Waals surface area contributed by atoms with Gasteiger partial charge in [-0.25, -0.2) is 8.42 Å². The van der Waals surface area contributed by atoms with Crippen LogP contribution in [-0.4, -0.2) is 19.7 Å². The number of rotatable bonds is 3. The summed E-state index contributed by atoms with van der Waals surface area (Å²) in [5.74, 6) is 0. The third-order valence-electron chi connectivity index (χ3n) is 4.05. The maximum atomic E-state index is 12.7. The molecule has 0 amide bonds. The number of hydrogen-bond acceptors (Lipinski definition) is 2. The molecule has 1 aromatic heterocycles. The normalized spacial score (nSPS) is 12.3. The Morgan fingerprint density at radius 1 is 0.885 bits per heavy atom. The minimum absolute atomic E-state index is 0.209. The smallest absolute Gasteiger partial charge is 0.358 e. The third-order valence-corrected chi connectivity index (χ3v) is 5.18. The van der Waals surface area contributed by atoms with E-state index in [1.807, 2.05) is 13.0 Å². The molecule has 1 heterocycles. The van der Waals surface area contributed by atoms with E-state index in [9.17, 15) is 21.6 Å². The van der Waals surface area contributed by atoms with Crippen molar-refractivity contribution in [1.29, 1.82) is 0 Å². The van der Waals surface area contributed by atoms with E-state index in [1.165, 1.54) is 24.3 Å². The van der Waals surface area contributed by atoms with Gasteiger partial charge in [0.25, 0.3) is 0 Å². The number of alkyl halides is 3. The Morgan fingerprint density at radius 2 is 1.42 bits per heavy atom. The van der Waals surface area contributed by atoms with Crippen LogP contribution in [0.4, 0.5) is 13.2 Å². The van der Waals surface area contributed by atoms with Crippen molar-refractivity contribution in [3.05, 3.63) is 65.9 Å². The second kappa shape index (κ2) is 6.32. The average Bonchev–Trinajstić information content (AvgIpc) is 2.95. The standard InChI is InChI=1S/C19H16F3NO2S/c1-12-11-17(13-3-7-15(8-4-13)19(20,21)22)18(23-12)14-5-9-16(10-6-14)26(2,24)25/h3-11,23H,1-2H3. The molecule has 0 aliphatic rings. The Labute approximate surface area is 149 Å². The van der Waals surface area contributed by atoms with Gasteiger partial charge >= 0.3 is 6.18 Å². The molecule has 0 saturated heterocycles. The minimum atomic E-state index is -4.38. The van der Waals surface area contributed by atoms with E-state index in [0.29, 0.717) is 5.56 Å². The van der Waals surface area contributed by atoms with Gasteiger partial charge in [0, 0.05) is 17.5 Å². The van der Waals surface area contributed by atoms with Gasteiger partial charge in [-0.2, -0.15) is 13.2 Å². The van der Waals surface area contributed by atoms with Crippen LogP contribution in [0.2, 0.25) is 0 Å². The molecular formula is C19H16F3NO2S. The summed E-state index contributed by atoms with van der Waals surface area (Å²) in [6.07, 6.45) is -3.24. The molecule has 0 unspecified atom stereocenters. The second-order valence-corrected chi connectivity index (χ2v) is 8.13. The van der Waals surface area contributed by atoms with E-state index in [1.54, 1.807) is 12.1 Å². The van der Waals surface area contributed by atoms with E-state index in [-0.39, 0.29) is 4.90 Å². The maximum Gasteiger partial charge on any atom is 0.416 e. The van der Waals surface area contributed by atoms with Crippen LogP contribution in [0.25, 0.3) is 22.4 Å². The topological polar surface area (TPSA) is 49.9 Å². The van der Waals surface area contributed by atoms with E-state index in [4.69, 9.17) is 0 Å². The average molecular weight is 379 g/mol. The number of hydrogen-bond donors (Lipinski definition) is 1. The van der Waals surface area contributed by atoms with Crippen molar-refractivity contribution < 1.29 is 21.6 Å². The molecule has 1 N–H and O–H groups in total. The summed E-state index contributed by atoms with van der Waals surface area (Å²) in [7, 11) is -3.29. The van der Waals surface area contributed by atoms with E-state index >= 15 is 0 Å². The fourth-order valence-corrected chi connectivity index (χ4v) is 3.38. The SMILES string of the molecule is Cc1cc(-c2ccc(C(F)(F)F)cc2)c(-c2ccc(S(C)(=O)=O)cc2)[nH]1. The quantitative estimate of drug-likeness (QED) is 0.690. The van der Waals surface area contributed by atoms with Crippen LogP contribution in [0.5, 0.6) is 0 Å². The highest BCUT2D eigenvalue weighted by molar-refractivity contribution is 7.90. The Balaban J connectivity index is 2.04. The molecule has 136 valence electrons. The lowest BCUT2D eigenvalue weighted by atomic mass is 10.0. The summed E-state index contributed by atoms with van der Waals surface area (Å²) in [6.45, 7) is 1.85. The number of halogens is 3. The zero-order valence-electron chi connectivity index (χ0n) is 14.1. The number of aryl methyl sites for hydroxylation is 1. The van der Waals surface area contributed by atoms with Gasteiger partial charge in [0.1, 0.15) is 0 Å². The first-order chi connectivity index (χ1) is 12.1. The van der Waals surface area contributed by atoms with E-state index < -0.39 is 21.6 Å². The number of nitrogens with one attached hydrogen (secondary N) is 1. The Bertz CT molecular complexity index is 1030. The molecule has 0 radical (unpaired) electrons. The van der Waals surface area contributed by atoms with Crippen LogP contribution >= 0.6 is 0 Å². The van der Waals surface area contributed by atoms with Crippen LogP contribution in [0.3, 0.4) is 0 Å². The van der Waals surface area contributed by atoms with E-state index in [0.717, 1.165) is 40.9 Å². The first-order valence-electron chi connectivity index (χ1n) is 7.73. The number of H-pyrrole nitrogens is 1. The lowest BCUT2D eigenvalue weighted by molar-refractivity contribution is -0.137. The second-order valence-electron chi connectivity index (χ2n) is 6.11. The Morgan fingerprint density at radius 3 is 1.92 bits per heavy atom. The summed E-state index contributed by atoms with van der Waals surface area (Å²) in [5, 5.41) is 0. The summed E-state index contributed by atoms with van der Waals surface area (Å²) in [4.78, 5) is 3.40. The summed E-state index contributed by atoms with van der Waals surface area (Å²) >= 11 is 0. The van der Waals surface area contributed by atoms with Crippen molar-refractivity contribution >= 4 is 9.84 Å². The molecule has 26 heavy (non-hydrogen) atoms. The predicted molar refractivity (Wildman–Crippen MR) is 94.5 cm³/mol. The summed E-state index contributed by atoms with van der Waals surface area (Å²) in [6, 6.07) is 13.2. The highest BCUT2D eigenvalue weighted by Crippen LogP contribution is 2.35. The molecule has 0 fully saturated rings. The van der Waals surface area contributed by atoms with Crippen LogP contribution in [0.1, 0.15) is 11.3 Å². The lowest BCUT2D eigenvalue weighted by Gasteiger charge is -2.09. The molecule has 0 saturated carbocycles. The van der Waals surface area contributed by atoms with Gasteiger partial charge in [-0.15, -0.1) is 0 Å². The number of sulfone groups is 1. The number of aromatic amines is 1. The lowest BCUT2D eigenvalue weighted by Crippen LogP contribution is -2.03. The van der Waals surface area contributed by atoms with Crippen LogP contribution < -0.4 is 0 Å². The van der Waals surface area contributed by atoms with Gasteiger partial charge in [0.05, 0.1) is 16.2 Å². The van der Waals surface area contributed by atoms with Crippen molar-refractivity contribution in [2.45, 2.75) is 18.0 Å². The number of benzene rings is 2. The van der Waals surface area contributed by atoms with Gasteiger partial charge in [0.15, 0.2) is 9.84 Å². The Hall–Kier alpha value is -2.54. The molecule has 0 bridgehead atoms. The van der Waals surface area contributed by atoms with Gasteiger partial charge in [-0.05, 0) is 48.4 Å². The molecule has 2 aromatic carbocycles. The van der Waals surface area contributed by atoms with Gasteiger partial charge in [-0.1, -0.05) is 24.3 Å². The molecular weight excluding hydrogens is 363 g/mol.